The van der Waals surface area contributed by atoms with Crippen molar-refractivity contribution in [2.75, 3.05) is 11.9 Å². The second-order valence-electron chi connectivity index (χ2n) is 5.03. The number of aryl methyl sites for hydroxylation is 3. The number of hydrogen-bond donors (Lipinski definition) is 2. The fourth-order valence-corrected chi connectivity index (χ4v) is 2.15. The first-order valence-corrected chi connectivity index (χ1v) is 7.48. The minimum absolute atomic E-state index is 0.329. The van der Waals surface area contributed by atoms with Crippen LogP contribution in [0.4, 0.5) is 5.69 Å². The normalized spacial score (nSPS) is 10.4. The summed E-state index contributed by atoms with van der Waals surface area (Å²) < 4.78 is 4.95. The molecule has 23 heavy (non-hydrogen) atoms. The topological polar surface area (TPSA) is 97.1 Å². The molecule has 0 saturated carbocycles. The smallest absolute Gasteiger partial charge is 0.313 e. The van der Waals surface area contributed by atoms with Gasteiger partial charge in [0.1, 0.15) is 0 Å². The van der Waals surface area contributed by atoms with E-state index in [1.54, 1.807) is 25.1 Å². The van der Waals surface area contributed by atoms with Crippen molar-refractivity contribution in [2.24, 2.45) is 0 Å². The number of carbonyl (C=O) groups is 2. The van der Waals surface area contributed by atoms with Gasteiger partial charge in [-0.3, -0.25) is 9.59 Å². The highest BCUT2D eigenvalue weighted by Gasteiger charge is 2.14. The van der Waals surface area contributed by atoms with E-state index in [2.05, 4.69) is 20.8 Å². The fraction of sp³-hybridized carbons (Fsp3) is 0.333. The summed E-state index contributed by atoms with van der Waals surface area (Å²) in [6, 6.07) is 5.16. The Morgan fingerprint density at radius 3 is 2.70 bits per heavy atom. The van der Waals surface area contributed by atoms with Crippen molar-refractivity contribution in [3.05, 3.63) is 40.5 Å². The lowest BCUT2D eigenvalue weighted by atomic mass is 10.2. The highest BCUT2D eigenvalue weighted by atomic mass is 35.5. The predicted molar refractivity (Wildman–Crippen MR) is 85.2 cm³/mol. The van der Waals surface area contributed by atoms with E-state index in [1.165, 1.54) is 0 Å². The molecule has 1 aromatic carbocycles. The molecule has 2 rings (SSSR count). The zero-order valence-electron chi connectivity index (χ0n) is 12.9. The van der Waals surface area contributed by atoms with Gasteiger partial charge in [-0.25, -0.2) is 0 Å². The summed E-state index contributed by atoms with van der Waals surface area (Å²) in [5.74, 6) is -0.404. The van der Waals surface area contributed by atoms with E-state index < -0.39 is 11.8 Å². The van der Waals surface area contributed by atoms with Gasteiger partial charge in [0, 0.05) is 13.0 Å². The van der Waals surface area contributed by atoms with Crippen molar-refractivity contribution in [1.82, 2.24) is 15.5 Å². The standard InChI is InChI=1S/C15H17ClN4O3/c1-9-5-6-12(11(16)8-9)19-15(22)14(21)17-7-3-4-13-18-10(2)20-23-13/h5-6,8H,3-4,7H2,1-2H3,(H,17,21)(H,19,22). The number of aromatic nitrogens is 2. The van der Waals surface area contributed by atoms with Gasteiger partial charge in [-0.1, -0.05) is 22.8 Å². The molecule has 2 amide bonds. The van der Waals surface area contributed by atoms with Crippen LogP contribution in [0.2, 0.25) is 5.02 Å². The molecule has 1 aromatic heterocycles. The van der Waals surface area contributed by atoms with Crippen LogP contribution in [-0.4, -0.2) is 28.5 Å². The number of halogens is 1. The number of amides is 2. The molecule has 7 nitrogen and oxygen atoms in total. The molecule has 0 unspecified atom stereocenters. The maximum Gasteiger partial charge on any atom is 0.313 e. The van der Waals surface area contributed by atoms with Crippen molar-refractivity contribution < 1.29 is 14.1 Å². The lowest BCUT2D eigenvalue weighted by Crippen LogP contribution is -2.36. The van der Waals surface area contributed by atoms with Crippen LogP contribution in [0.3, 0.4) is 0 Å². The molecule has 8 heteroatoms. The zero-order chi connectivity index (χ0) is 16.8. The van der Waals surface area contributed by atoms with E-state index in [9.17, 15) is 9.59 Å². The number of nitrogens with one attached hydrogen (secondary N) is 2. The number of anilines is 1. The molecule has 0 aliphatic heterocycles. The molecule has 2 aromatic rings. The minimum atomic E-state index is -0.760. The summed E-state index contributed by atoms with van der Waals surface area (Å²) in [5.41, 5.74) is 1.37. The van der Waals surface area contributed by atoms with Gasteiger partial charge in [0.25, 0.3) is 0 Å². The molecule has 1 heterocycles. The summed E-state index contributed by atoms with van der Waals surface area (Å²) in [6.07, 6.45) is 1.12. The van der Waals surface area contributed by atoms with E-state index in [0.717, 1.165) is 5.56 Å². The Balaban J connectivity index is 1.75. The fourth-order valence-electron chi connectivity index (χ4n) is 1.86. The van der Waals surface area contributed by atoms with Crippen LogP contribution in [0.5, 0.6) is 0 Å². The molecule has 0 saturated heterocycles. The second-order valence-corrected chi connectivity index (χ2v) is 5.44. The van der Waals surface area contributed by atoms with Crippen molar-refractivity contribution in [1.29, 1.82) is 0 Å². The van der Waals surface area contributed by atoms with Gasteiger partial charge in [-0.2, -0.15) is 4.98 Å². The molecule has 0 atom stereocenters. The van der Waals surface area contributed by atoms with Crippen LogP contribution in [0.1, 0.15) is 23.7 Å². The Bertz CT molecular complexity index is 714. The summed E-state index contributed by atoms with van der Waals surface area (Å²) in [4.78, 5) is 27.6. The number of carbonyl (C=O) groups excluding carboxylic acids is 2. The third-order valence-electron chi connectivity index (χ3n) is 3.00. The number of nitrogens with zero attached hydrogens (tertiary/aromatic N) is 2. The van der Waals surface area contributed by atoms with E-state index in [1.807, 2.05) is 6.92 Å². The van der Waals surface area contributed by atoms with Crippen molar-refractivity contribution in [3.8, 4) is 0 Å². The van der Waals surface area contributed by atoms with E-state index >= 15 is 0 Å². The van der Waals surface area contributed by atoms with Gasteiger partial charge in [-0.05, 0) is 38.0 Å². The molecular formula is C15H17ClN4O3. The first-order chi connectivity index (χ1) is 11.0. The molecule has 122 valence electrons. The summed E-state index contributed by atoms with van der Waals surface area (Å²) in [6.45, 7) is 3.94. The SMILES string of the molecule is Cc1ccc(NC(=O)C(=O)NCCCc2nc(C)no2)c(Cl)c1. The van der Waals surface area contributed by atoms with Gasteiger partial charge in [0.15, 0.2) is 5.82 Å². The Hall–Kier alpha value is -2.41. The molecule has 2 N–H and O–H groups in total. The average molecular weight is 337 g/mol. The molecule has 0 aliphatic carbocycles. The summed E-state index contributed by atoms with van der Waals surface area (Å²) in [5, 5.41) is 9.06. The highest BCUT2D eigenvalue weighted by Crippen LogP contribution is 2.22. The second kappa shape index (κ2) is 7.73. The van der Waals surface area contributed by atoms with Crippen LogP contribution >= 0.6 is 11.6 Å². The van der Waals surface area contributed by atoms with Crippen molar-refractivity contribution in [2.45, 2.75) is 26.7 Å². The summed E-state index contributed by atoms with van der Waals surface area (Å²) in [7, 11) is 0. The van der Waals surface area contributed by atoms with Gasteiger partial charge in [0.2, 0.25) is 5.89 Å². The Morgan fingerprint density at radius 1 is 1.26 bits per heavy atom. The average Bonchev–Trinajstić information content (AvgIpc) is 2.91. The third kappa shape index (κ3) is 5.07. The van der Waals surface area contributed by atoms with Gasteiger partial charge in [-0.15, -0.1) is 0 Å². The lowest BCUT2D eigenvalue weighted by Gasteiger charge is -2.08. The first-order valence-electron chi connectivity index (χ1n) is 7.10. The molecule has 0 bridgehead atoms. The van der Waals surface area contributed by atoms with Gasteiger partial charge in [0.05, 0.1) is 10.7 Å². The van der Waals surface area contributed by atoms with Crippen molar-refractivity contribution in [3.63, 3.8) is 0 Å². The quantitative estimate of drug-likeness (QED) is 0.643. The van der Waals surface area contributed by atoms with Crippen LogP contribution < -0.4 is 10.6 Å². The maximum atomic E-state index is 11.8. The van der Waals surface area contributed by atoms with Crippen LogP contribution in [-0.2, 0) is 16.0 Å². The predicted octanol–water partition coefficient (Wildman–Crippen LogP) is 2.03. The van der Waals surface area contributed by atoms with Crippen LogP contribution in [0.15, 0.2) is 22.7 Å². The molecule has 0 radical (unpaired) electrons. The molecule has 0 spiro atoms. The monoisotopic (exact) mass is 336 g/mol. The lowest BCUT2D eigenvalue weighted by molar-refractivity contribution is -0.136. The third-order valence-corrected chi connectivity index (χ3v) is 3.31. The minimum Gasteiger partial charge on any atom is -0.348 e. The van der Waals surface area contributed by atoms with E-state index in [0.29, 0.717) is 41.8 Å². The number of benzene rings is 1. The molecule has 0 aliphatic rings. The Labute approximate surface area is 138 Å². The maximum absolute atomic E-state index is 11.8. The van der Waals surface area contributed by atoms with E-state index in [4.69, 9.17) is 16.1 Å². The number of hydrogen-bond acceptors (Lipinski definition) is 5. The Kier molecular flexibility index (Phi) is 5.70. The first kappa shape index (κ1) is 17.0. The molecular weight excluding hydrogens is 320 g/mol. The largest absolute Gasteiger partial charge is 0.348 e. The van der Waals surface area contributed by atoms with Crippen LogP contribution in [0.25, 0.3) is 0 Å². The Morgan fingerprint density at radius 2 is 2.04 bits per heavy atom. The summed E-state index contributed by atoms with van der Waals surface area (Å²) >= 11 is 6.01. The van der Waals surface area contributed by atoms with Gasteiger partial charge >= 0.3 is 11.8 Å². The van der Waals surface area contributed by atoms with Crippen molar-refractivity contribution >= 4 is 29.1 Å². The van der Waals surface area contributed by atoms with Crippen LogP contribution in [0, 0.1) is 13.8 Å². The zero-order valence-corrected chi connectivity index (χ0v) is 13.6. The van der Waals surface area contributed by atoms with Gasteiger partial charge < -0.3 is 15.2 Å². The molecule has 0 fully saturated rings. The number of rotatable bonds is 5. The highest BCUT2D eigenvalue weighted by molar-refractivity contribution is 6.41. The van der Waals surface area contributed by atoms with E-state index in [-0.39, 0.29) is 0 Å².